The Morgan fingerprint density at radius 2 is 1.85 bits per heavy atom. The van der Waals surface area contributed by atoms with Crippen LogP contribution in [0.2, 0.25) is 0 Å². The molecule has 2 unspecified atom stereocenters. The Kier molecular flexibility index (Phi) is 6.06. The molecule has 1 aliphatic rings. The summed E-state index contributed by atoms with van der Waals surface area (Å²) in [7, 11) is 0. The SMILES string of the molecule is CC(C)CN1CCC(C)C(NCc2ccccc2)CC1. The van der Waals surface area contributed by atoms with Crippen molar-refractivity contribution in [3.05, 3.63) is 35.9 Å². The molecule has 0 radical (unpaired) electrons. The molecule has 0 saturated carbocycles. The summed E-state index contributed by atoms with van der Waals surface area (Å²) >= 11 is 0. The average molecular weight is 274 g/mol. The van der Waals surface area contributed by atoms with Crippen molar-refractivity contribution in [1.82, 2.24) is 10.2 Å². The molecule has 2 atom stereocenters. The van der Waals surface area contributed by atoms with Crippen molar-refractivity contribution in [1.29, 1.82) is 0 Å². The lowest BCUT2D eigenvalue weighted by Gasteiger charge is -2.23. The quantitative estimate of drug-likeness (QED) is 0.883. The van der Waals surface area contributed by atoms with Gasteiger partial charge >= 0.3 is 0 Å². The van der Waals surface area contributed by atoms with Gasteiger partial charge in [-0.1, -0.05) is 51.1 Å². The Morgan fingerprint density at radius 3 is 2.55 bits per heavy atom. The van der Waals surface area contributed by atoms with Gasteiger partial charge in [0.15, 0.2) is 0 Å². The van der Waals surface area contributed by atoms with Crippen molar-refractivity contribution < 1.29 is 0 Å². The van der Waals surface area contributed by atoms with E-state index in [0.717, 1.165) is 18.4 Å². The molecule has 1 N–H and O–H groups in total. The van der Waals surface area contributed by atoms with E-state index in [1.54, 1.807) is 0 Å². The Balaban J connectivity index is 1.82. The monoisotopic (exact) mass is 274 g/mol. The first-order valence-corrected chi connectivity index (χ1v) is 8.15. The molecule has 2 rings (SSSR count). The molecular formula is C18H30N2. The van der Waals surface area contributed by atoms with Gasteiger partial charge in [0.2, 0.25) is 0 Å². The maximum absolute atomic E-state index is 3.77. The van der Waals surface area contributed by atoms with Gasteiger partial charge < -0.3 is 10.2 Å². The number of nitrogens with one attached hydrogen (secondary N) is 1. The number of benzene rings is 1. The van der Waals surface area contributed by atoms with E-state index in [9.17, 15) is 0 Å². The smallest absolute Gasteiger partial charge is 0.0208 e. The van der Waals surface area contributed by atoms with Crippen LogP contribution in [0.1, 0.15) is 39.2 Å². The third kappa shape index (κ3) is 4.92. The fraction of sp³-hybridized carbons (Fsp3) is 0.667. The van der Waals surface area contributed by atoms with Crippen molar-refractivity contribution in [2.45, 2.75) is 46.2 Å². The Hall–Kier alpha value is -0.860. The van der Waals surface area contributed by atoms with Crippen LogP contribution in [0.3, 0.4) is 0 Å². The number of hydrogen-bond acceptors (Lipinski definition) is 2. The van der Waals surface area contributed by atoms with Crippen molar-refractivity contribution in [3.8, 4) is 0 Å². The molecule has 1 fully saturated rings. The van der Waals surface area contributed by atoms with Gasteiger partial charge in [0.25, 0.3) is 0 Å². The van der Waals surface area contributed by atoms with Gasteiger partial charge in [0.05, 0.1) is 0 Å². The van der Waals surface area contributed by atoms with Gasteiger partial charge in [-0.2, -0.15) is 0 Å². The molecule has 20 heavy (non-hydrogen) atoms. The van der Waals surface area contributed by atoms with Crippen LogP contribution < -0.4 is 5.32 Å². The first-order valence-electron chi connectivity index (χ1n) is 8.15. The van der Waals surface area contributed by atoms with Crippen LogP contribution in [-0.4, -0.2) is 30.6 Å². The van der Waals surface area contributed by atoms with E-state index in [2.05, 4.69) is 61.3 Å². The lowest BCUT2D eigenvalue weighted by Crippen LogP contribution is -2.35. The number of nitrogens with zero attached hydrogens (tertiary/aromatic N) is 1. The van der Waals surface area contributed by atoms with Crippen molar-refractivity contribution in [2.24, 2.45) is 11.8 Å². The van der Waals surface area contributed by atoms with Gasteiger partial charge in [-0.25, -0.2) is 0 Å². The van der Waals surface area contributed by atoms with Crippen molar-refractivity contribution in [2.75, 3.05) is 19.6 Å². The van der Waals surface area contributed by atoms with Gasteiger partial charge in [-0.3, -0.25) is 0 Å². The summed E-state index contributed by atoms with van der Waals surface area (Å²) in [5.74, 6) is 1.55. The first kappa shape index (κ1) is 15.5. The molecular weight excluding hydrogens is 244 g/mol. The lowest BCUT2D eigenvalue weighted by atomic mass is 9.97. The Bertz CT molecular complexity index is 374. The largest absolute Gasteiger partial charge is 0.310 e. The molecule has 1 aromatic rings. The van der Waals surface area contributed by atoms with E-state index in [1.807, 2.05) is 0 Å². The third-order valence-electron chi connectivity index (χ3n) is 4.38. The van der Waals surface area contributed by atoms with Gasteiger partial charge in [0, 0.05) is 19.1 Å². The van der Waals surface area contributed by atoms with Gasteiger partial charge in [0.1, 0.15) is 0 Å². The highest BCUT2D eigenvalue weighted by Gasteiger charge is 2.22. The minimum Gasteiger partial charge on any atom is -0.310 e. The summed E-state index contributed by atoms with van der Waals surface area (Å²) in [6.45, 7) is 11.8. The van der Waals surface area contributed by atoms with Crippen LogP contribution >= 0.6 is 0 Å². The summed E-state index contributed by atoms with van der Waals surface area (Å²) in [5.41, 5.74) is 1.39. The highest BCUT2D eigenvalue weighted by molar-refractivity contribution is 5.14. The Labute approximate surface area is 124 Å². The predicted molar refractivity (Wildman–Crippen MR) is 86.7 cm³/mol. The van der Waals surface area contributed by atoms with Crippen molar-refractivity contribution >= 4 is 0 Å². The number of likely N-dealkylation sites (tertiary alicyclic amines) is 1. The summed E-state index contributed by atoms with van der Waals surface area (Å²) in [6, 6.07) is 11.4. The Morgan fingerprint density at radius 1 is 1.15 bits per heavy atom. The molecule has 2 heteroatoms. The second-order valence-electron chi connectivity index (χ2n) is 6.72. The molecule has 2 nitrogen and oxygen atoms in total. The van der Waals surface area contributed by atoms with Crippen LogP contribution in [0.5, 0.6) is 0 Å². The number of rotatable bonds is 5. The van der Waals surface area contributed by atoms with E-state index in [4.69, 9.17) is 0 Å². The maximum atomic E-state index is 3.77. The predicted octanol–water partition coefficient (Wildman–Crippen LogP) is 3.53. The fourth-order valence-corrected chi connectivity index (χ4v) is 3.15. The minimum atomic E-state index is 0.660. The van der Waals surface area contributed by atoms with Crippen LogP contribution in [0.25, 0.3) is 0 Å². The molecule has 0 spiro atoms. The minimum absolute atomic E-state index is 0.660. The summed E-state index contributed by atoms with van der Waals surface area (Å²) in [4.78, 5) is 2.64. The second kappa shape index (κ2) is 7.80. The highest BCUT2D eigenvalue weighted by atomic mass is 15.1. The molecule has 0 amide bonds. The zero-order valence-electron chi connectivity index (χ0n) is 13.3. The molecule has 0 aromatic heterocycles. The van der Waals surface area contributed by atoms with Crippen LogP contribution in [-0.2, 0) is 6.54 Å². The summed E-state index contributed by atoms with van der Waals surface area (Å²) < 4.78 is 0. The topological polar surface area (TPSA) is 15.3 Å². The van der Waals surface area contributed by atoms with E-state index in [0.29, 0.717) is 6.04 Å². The summed E-state index contributed by atoms with van der Waals surface area (Å²) in [6.07, 6.45) is 2.60. The maximum Gasteiger partial charge on any atom is 0.0208 e. The molecule has 0 aliphatic carbocycles. The van der Waals surface area contributed by atoms with Crippen LogP contribution in [0.4, 0.5) is 0 Å². The van der Waals surface area contributed by atoms with E-state index < -0.39 is 0 Å². The molecule has 1 aliphatic heterocycles. The van der Waals surface area contributed by atoms with Crippen molar-refractivity contribution in [3.63, 3.8) is 0 Å². The van der Waals surface area contributed by atoms with E-state index in [-0.39, 0.29) is 0 Å². The third-order valence-corrected chi connectivity index (χ3v) is 4.38. The van der Waals surface area contributed by atoms with E-state index in [1.165, 1.54) is 38.0 Å². The lowest BCUT2D eigenvalue weighted by molar-refractivity contribution is 0.250. The zero-order valence-corrected chi connectivity index (χ0v) is 13.3. The van der Waals surface area contributed by atoms with Crippen LogP contribution in [0, 0.1) is 11.8 Å². The van der Waals surface area contributed by atoms with Gasteiger partial charge in [-0.15, -0.1) is 0 Å². The molecule has 1 aromatic carbocycles. The van der Waals surface area contributed by atoms with Crippen LogP contribution in [0.15, 0.2) is 30.3 Å². The highest BCUT2D eigenvalue weighted by Crippen LogP contribution is 2.19. The normalized spacial score (nSPS) is 24.8. The number of hydrogen-bond donors (Lipinski definition) is 1. The molecule has 1 saturated heterocycles. The van der Waals surface area contributed by atoms with Gasteiger partial charge in [-0.05, 0) is 43.3 Å². The molecule has 0 bridgehead atoms. The fourth-order valence-electron chi connectivity index (χ4n) is 3.15. The first-order chi connectivity index (χ1) is 9.65. The second-order valence-corrected chi connectivity index (χ2v) is 6.72. The molecule has 1 heterocycles. The van der Waals surface area contributed by atoms with E-state index >= 15 is 0 Å². The standard InChI is InChI=1S/C18H30N2/c1-15(2)14-20-11-9-16(3)18(10-12-20)19-13-17-7-5-4-6-8-17/h4-8,15-16,18-19H,9-14H2,1-3H3. The zero-order chi connectivity index (χ0) is 14.4. The average Bonchev–Trinajstić information content (AvgIpc) is 2.60. The molecule has 112 valence electrons. The summed E-state index contributed by atoms with van der Waals surface area (Å²) in [5, 5.41) is 3.77.